The number of aliphatic hydroxyl groups is 1. The van der Waals surface area contributed by atoms with E-state index in [2.05, 4.69) is 26.6 Å². The van der Waals surface area contributed by atoms with Gasteiger partial charge in [-0.05, 0) is 34.5 Å². The minimum atomic E-state index is -0.850. The zero-order valence-corrected chi connectivity index (χ0v) is 19.6. The quantitative estimate of drug-likeness (QED) is 0.403. The van der Waals surface area contributed by atoms with Crippen LogP contribution >= 0.6 is 15.9 Å². The minimum Gasteiger partial charge on any atom is -0.396 e. The Kier molecular flexibility index (Phi) is 6.85. The summed E-state index contributed by atoms with van der Waals surface area (Å²) in [5.41, 5.74) is 6.63. The number of nitrogens with zero attached hydrogens (tertiary/aromatic N) is 2. The first kappa shape index (κ1) is 23.7. The van der Waals surface area contributed by atoms with Crippen molar-refractivity contribution < 1.29 is 23.9 Å². The van der Waals surface area contributed by atoms with Crippen LogP contribution < -0.4 is 16.4 Å². The third kappa shape index (κ3) is 4.62. The van der Waals surface area contributed by atoms with Crippen LogP contribution in [-0.4, -0.2) is 51.7 Å². The predicted octanol–water partition coefficient (Wildman–Crippen LogP) is 3.00. The molecule has 2 heterocycles. The van der Waals surface area contributed by atoms with E-state index < -0.39 is 29.8 Å². The van der Waals surface area contributed by atoms with E-state index in [1.54, 1.807) is 42.5 Å². The van der Waals surface area contributed by atoms with Crippen LogP contribution in [0.25, 0.3) is 10.9 Å². The van der Waals surface area contributed by atoms with Gasteiger partial charge in [-0.1, -0.05) is 30.3 Å². The summed E-state index contributed by atoms with van der Waals surface area (Å²) in [5.74, 6) is -1.20. The van der Waals surface area contributed by atoms with Crippen LogP contribution in [0, 0.1) is 11.7 Å². The van der Waals surface area contributed by atoms with Crippen molar-refractivity contribution in [3.63, 3.8) is 0 Å². The number of aliphatic hydroxyl groups excluding tert-OH is 1. The lowest BCUT2D eigenvalue weighted by atomic mass is 10.1. The molecule has 1 saturated heterocycles. The molecule has 4 rings (SSSR count). The van der Waals surface area contributed by atoms with Gasteiger partial charge in [0, 0.05) is 42.8 Å². The number of amides is 4. The van der Waals surface area contributed by atoms with E-state index in [9.17, 15) is 23.9 Å². The standard InChI is InChI=1S/C23H23BrFN5O4/c24-16-6-3-4-14(20(16)25)9-27-21(32)19-8-13(12-31)10-30(19)23(34)28-17-11-29(22(26)33)18-7-2-1-5-15(17)18/h1-7,11,13,19,31H,8-10,12H2,(H2,26,33)(H,27,32)(H,28,34)/t13-,19-/m0/s1. The molecule has 0 spiro atoms. The molecule has 0 bridgehead atoms. The molecule has 0 saturated carbocycles. The van der Waals surface area contributed by atoms with E-state index in [0.29, 0.717) is 22.2 Å². The molecule has 0 aliphatic carbocycles. The Morgan fingerprint density at radius 1 is 1.18 bits per heavy atom. The highest BCUT2D eigenvalue weighted by molar-refractivity contribution is 9.10. The molecule has 1 aliphatic heterocycles. The smallest absolute Gasteiger partial charge is 0.323 e. The summed E-state index contributed by atoms with van der Waals surface area (Å²) >= 11 is 3.12. The number of para-hydroxylation sites is 1. The summed E-state index contributed by atoms with van der Waals surface area (Å²) in [4.78, 5) is 39.2. The third-order valence-electron chi connectivity index (χ3n) is 5.89. The third-order valence-corrected chi connectivity index (χ3v) is 6.50. The van der Waals surface area contributed by atoms with Crippen molar-refractivity contribution in [2.24, 2.45) is 11.7 Å². The van der Waals surface area contributed by atoms with Gasteiger partial charge in [-0.25, -0.2) is 14.0 Å². The fourth-order valence-corrected chi connectivity index (χ4v) is 4.57. The van der Waals surface area contributed by atoms with Crippen molar-refractivity contribution >= 4 is 50.5 Å². The molecule has 0 radical (unpaired) electrons. The van der Waals surface area contributed by atoms with Crippen LogP contribution in [0.1, 0.15) is 12.0 Å². The van der Waals surface area contributed by atoms with E-state index in [1.807, 2.05) is 0 Å². The Balaban J connectivity index is 1.52. The maximum Gasteiger partial charge on any atom is 0.323 e. The molecule has 4 amide bonds. The first-order valence-electron chi connectivity index (χ1n) is 10.6. The molecule has 178 valence electrons. The van der Waals surface area contributed by atoms with Gasteiger partial charge in [-0.3, -0.25) is 9.36 Å². The Morgan fingerprint density at radius 3 is 2.68 bits per heavy atom. The number of rotatable bonds is 5. The van der Waals surface area contributed by atoms with Gasteiger partial charge in [0.1, 0.15) is 11.9 Å². The van der Waals surface area contributed by atoms with Gasteiger partial charge in [-0.15, -0.1) is 0 Å². The highest BCUT2D eigenvalue weighted by Gasteiger charge is 2.39. The second-order valence-electron chi connectivity index (χ2n) is 8.08. The number of carbonyl (C=O) groups is 3. The maximum atomic E-state index is 14.2. The van der Waals surface area contributed by atoms with Gasteiger partial charge in [0.2, 0.25) is 5.91 Å². The number of anilines is 1. The van der Waals surface area contributed by atoms with Crippen LogP contribution in [0.5, 0.6) is 0 Å². The van der Waals surface area contributed by atoms with Gasteiger partial charge < -0.3 is 26.4 Å². The number of hydrogen-bond donors (Lipinski definition) is 4. The SMILES string of the molecule is NC(=O)n1cc(NC(=O)N2C[C@@H](CO)C[C@H]2C(=O)NCc2cccc(Br)c2F)c2ccccc21. The summed E-state index contributed by atoms with van der Waals surface area (Å²) in [5, 5.41) is 15.7. The molecule has 11 heteroatoms. The monoisotopic (exact) mass is 531 g/mol. The molecule has 34 heavy (non-hydrogen) atoms. The average molecular weight is 532 g/mol. The van der Waals surface area contributed by atoms with Gasteiger partial charge in [0.15, 0.2) is 0 Å². The summed E-state index contributed by atoms with van der Waals surface area (Å²) in [7, 11) is 0. The number of nitrogens with one attached hydrogen (secondary N) is 2. The van der Waals surface area contributed by atoms with Crippen molar-refractivity contribution in [2.45, 2.75) is 19.0 Å². The van der Waals surface area contributed by atoms with Gasteiger partial charge >= 0.3 is 12.1 Å². The number of nitrogens with two attached hydrogens (primary N) is 1. The minimum absolute atomic E-state index is 0.0496. The molecule has 1 aliphatic rings. The number of hydrogen-bond acceptors (Lipinski definition) is 4. The molecular formula is C23H23BrFN5O4. The summed E-state index contributed by atoms with van der Waals surface area (Å²) in [6.45, 7) is -0.0686. The van der Waals surface area contributed by atoms with Crippen LogP contribution in [0.4, 0.5) is 19.7 Å². The Labute approximate surface area is 202 Å². The first-order valence-corrected chi connectivity index (χ1v) is 11.4. The van der Waals surface area contributed by atoms with Crippen molar-refractivity contribution in [2.75, 3.05) is 18.5 Å². The average Bonchev–Trinajstić information content (AvgIpc) is 3.42. The number of halogens is 2. The lowest BCUT2D eigenvalue weighted by Crippen LogP contribution is -2.47. The highest BCUT2D eigenvalue weighted by Crippen LogP contribution is 2.28. The normalized spacial score (nSPS) is 17.7. The number of carbonyl (C=O) groups excluding carboxylic acids is 3. The Bertz CT molecular complexity index is 1260. The molecule has 0 unspecified atom stereocenters. The lowest BCUT2D eigenvalue weighted by Gasteiger charge is -2.24. The molecule has 5 N–H and O–H groups in total. The van der Waals surface area contributed by atoms with Crippen molar-refractivity contribution in [3.05, 3.63) is 64.5 Å². The molecule has 1 fully saturated rings. The first-order chi connectivity index (χ1) is 16.3. The van der Waals surface area contributed by atoms with Crippen LogP contribution in [0.3, 0.4) is 0 Å². The summed E-state index contributed by atoms with van der Waals surface area (Å²) in [6.07, 6.45) is 1.69. The number of urea groups is 1. The molecule has 1 aromatic heterocycles. The zero-order chi connectivity index (χ0) is 24.4. The molecule has 3 aromatic rings. The Morgan fingerprint density at radius 2 is 1.94 bits per heavy atom. The summed E-state index contributed by atoms with van der Waals surface area (Å²) < 4.78 is 15.8. The number of aromatic nitrogens is 1. The highest BCUT2D eigenvalue weighted by atomic mass is 79.9. The van der Waals surface area contributed by atoms with Crippen molar-refractivity contribution in [3.8, 4) is 0 Å². The van der Waals surface area contributed by atoms with Gasteiger partial charge in [0.05, 0.1) is 15.7 Å². The van der Waals surface area contributed by atoms with Crippen LogP contribution in [0.15, 0.2) is 53.1 Å². The molecule has 2 aromatic carbocycles. The van der Waals surface area contributed by atoms with Crippen molar-refractivity contribution in [1.82, 2.24) is 14.8 Å². The fourth-order valence-electron chi connectivity index (χ4n) is 4.16. The van der Waals surface area contributed by atoms with Gasteiger partial charge in [-0.2, -0.15) is 0 Å². The fraction of sp³-hybridized carbons (Fsp3) is 0.261. The van der Waals surface area contributed by atoms with Crippen LogP contribution in [-0.2, 0) is 11.3 Å². The second-order valence-corrected chi connectivity index (χ2v) is 8.94. The molecule has 2 atom stereocenters. The summed E-state index contributed by atoms with van der Waals surface area (Å²) in [6, 6.07) is 9.62. The van der Waals surface area contributed by atoms with E-state index in [4.69, 9.17) is 5.73 Å². The topological polar surface area (TPSA) is 130 Å². The zero-order valence-electron chi connectivity index (χ0n) is 18.0. The predicted molar refractivity (Wildman–Crippen MR) is 128 cm³/mol. The lowest BCUT2D eigenvalue weighted by molar-refractivity contribution is -0.124. The number of benzene rings is 2. The van der Waals surface area contributed by atoms with E-state index in [0.717, 1.165) is 0 Å². The number of primary amides is 1. The van der Waals surface area contributed by atoms with E-state index in [1.165, 1.54) is 15.7 Å². The van der Waals surface area contributed by atoms with Crippen molar-refractivity contribution in [1.29, 1.82) is 0 Å². The molecular weight excluding hydrogens is 509 g/mol. The second kappa shape index (κ2) is 9.82. The maximum absolute atomic E-state index is 14.2. The number of fused-ring (bicyclic) bond motifs is 1. The Hall–Kier alpha value is -3.44. The van der Waals surface area contributed by atoms with Crippen LogP contribution in [0.2, 0.25) is 0 Å². The number of likely N-dealkylation sites (tertiary alicyclic amines) is 1. The van der Waals surface area contributed by atoms with E-state index >= 15 is 0 Å². The largest absolute Gasteiger partial charge is 0.396 e. The molecule has 9 nitrogen and oxygen atoms in total. The van der Waals surface area contributed by atoms with Gasteiger partial charge in [0.25, 0.3) is 0 Å². The van der Waals surface area contributed by atoms with E-state index in [-0.39, 0.29) is 36.5 Å².